The molecule has 2 aromatic rings. The quantitative estimate of drug-likeness (QED) is 0.885. The lowest BCUT2D eigenvalue weighted by Crippen LogP contribution is -2.13. The van der Waals surface area contributed by atoms with E-state index in [9.17, 15) is 13.6 Å². The maximum Gasteiger partial charge on any atom is 0.224 e. The van der Waals surface area contributed by atoms with Gasteiger partial charge in [-0.1, -0.05) is 0 Å². The van der Waals surface area contributed by atoms with Gasteiger partial charge >= 0.3 is 0 Å². The molecule has 0 unspecified atom stereocenters. The van der Waals surface area contributed by atoms with Crippen LogP contribution in [0, 0.1) is 11.6 Å². The molecule has 4 nitrogen and oxygen atoms in total. The fourth-order valence-electron chi connectivity index (χ4n) is 2.13. The van der Waals surface area contributed by atoms with E-state index >= 15 is 0 Å². The number of methoxy groups -OCH3 is 2. The van der Waals surface area contributed by atoms with Crippen LogP contribution in [0.3, 0.4) is 0 Å². The highest BCUT2D eigenvalue weighted by molar-refractivity contribution is 5.91. The molecule has 0 fully saturated rings. The first-order chi connectivity index (χ1) is 11.0. The van der Waals surface area contributed by atoms with Crippen LogP contribution in [0.1, 0.15) is 12.0 Å². The van der Waals surface area contributed by atoms with E-state index in [-0.39, 0.29) is 18.0 Å². The van der Waals surface area contributed by atoms with Gasteiger partial charge in [-0.3, -0.25) is 4.79 Å². The van der Waals surface area contributed by atoms with E-state index in [0.717, 1.165) is 17.7 Å². The van der Waals surface area contributed by atoms with Crippen LogP contribution in [-0.4, -0.2) is 20.1 Å². The third kappa shape index (κ3) is 4.42. The molecule has 0 bridgehead atoms. The van der Waals surface area contributed by atoms with Gasteiger partial charge in [-0.15, -0.1) is 0 Å². The predicted molar refractivity (Wildman–Crippen MR) is 82.9 cm³/mol. The lowest BCUT2D eigenvalue weighted by Gasteiger charge is -2.11. The minimum absolute atomic E-state index is 0.0472. The van der Waals surface area contributed by atoms with E-state index in [1.807, 2.05) is 0 Å². The fourth-order valence-corrected chi connectivity index (χ4v) is 2.13. The summed E-state index contributed by atoms with van der Waals surface area (Å²) in [4.78, 5) is 11.9. The predicted octanol–water partition coefficient (Wildman–Crippen LogP) is 3.55. The fraction of sp³-hybridized carbons (Fsp3) is 0.235. The molecule has 0 saturated heterocycles. The summed E-state index contributed by atoms with van der Waals surface area (Å²) in [5.41, 5.74) is 0.760. The van der Waals surface area contributed by atoms with Gasteiger partial charge in [0.05, 0.1) is 19.9 Å². The number of halogens is 2. The number of amides is 1. The second kappa shape index (κ2) is 7.58. The number of rotatable bonds is 6. The number of carbonyl (C=O) groups is 1. The van der Waals surface area contributed by atoms with Crippen molar-refractivity contribution in [2.45, 2.75) is 12.8 Å². The molecule has 6 heteroatoms. The molecule has 0 atom stereocenters. The number of anilines is 1. The number of hydrogen-bond acceptors (Lipinski definition) is 3. The number of nitrogens with one attached hydrogen (secondary N) is 1. The van der Waals surface area contributed by atoms with Crippen LogP contribution in [0.5, 0.6) is 11.5 Å². The molecule has 2 rings (SSSR count). The van der Waals surface area contributed by atoms with Crippen LogP contribution in [-0.2, 0) is 11.2 Å². The molecule has 0 spiro atoms. The maximum atomic E-state index is 13.5. The Bertz CT molecular complexity index is 704. The van der Waals surface area contributed by atoms with Gasteiger partial charge in [0, 0.05) is 12.5 Å². The van der Waals surface area contributed by atoms with Crippen molar-refractivity contribution in [3.63, 3.8) is 0 Å². The minimum Gasteiger partial charge on any atom is -0.497 e. The number of benzene rings is 2. The summed E-state index contributed by atoms with van der Waals surface area (Å²) in [5, 5.41) is 2.42. The first kappa shape index (κ1) is 16.7. The molecule has 23 heavy (non-hydrogen) atoms. The molecular weight excluding hydrogens is 304 g/mol. The van der Waals surface area contributed by atoms with Crippen LogP contribution in [0.4, 0.5) is 14.5 Å². The van der Waals surface area contributed by atoms with Gasteiger partial charge in [0.1, 0.15) is 23.1 Å². The van der Waals surface area contributed by atoms with E-state index < -0.39 is 11.6 Å². The molecule has 0 aromatic heterocycles. The average Bonchev–Trinajstić information content (AvgIpc) is 2.55. The third-order valence-electron chi connectivity index (χ3n) is 3.31. The molecule has 0 aliphatic rings. The Morgan fingerprint density at radius 1 is 1.09 bits per heavy atom. The lowest BCUT2D eigenvalue weighted by molar-refractivity contribution is -0.116. The Morgan fingerprint density at radius 3 is 2.52 bits per heavy atom. The van der Waals surface area contributed by atoms with Crippen molar-refractivity contribution >= 4 is 11.6 Å². The van der Waals surface area contributed by atoms with E-state index in [1.165, 1.54) is 6.07 Å². The second-order valence-corrected chi connectivity index (χ2v) is 4.85. The van der Waals surface area contributed by atoms with Crippen LogP contribution in [0.2, 0.25) is 0 Å². The van der Waals surface area contributed by atoms with Crippen molar-refractivity contribution < 1.29 is 23.0 Å². The largest absolute Gasteiger partial charge is 0.497 e. The van der Waals surface area contributed by atoms with Crippen LogP contribution < -0.4 is 14.8 Å². The zero-order chi connectivity index (χ0) is 16.8. The monoisotopic (exact) mass is 321 g/mol. The highest BCUT2D eigenvalue weighted by Crippen LogP contribution is 2.25. The minimum atomic E-state index is -0.808. The van der Waals surface area contributed by atoms with Crippen molar-refractivity contribution in [3.8, 4) is 11.5 Å². The molecular formula is C17H17F2NO3. The van der Waals surface area contributed by atoms with Crippen molar-refractivity contribution in [1.82, 2.24) is 0 Å². The molecule has 0 radical (unpaired) electrons. The molecule has 0 saturated carbocycles. The first-order valence-corrected chi connectivity index (χ1v) is 6.99. The highest BCUT2D eigenvalue weighted by atomic mass is 19.1. The van der Waals surface area contributed by atoms with Gasteiger partial charge in [-0.2, -0.15) is 0 Å². The SMILES string of the molecule is COc1ccc(OC)c(CCC(=O)Nc2ccc(F)cc2F)c1. The standard InChI is InChI=1S/C17H17F2NO3/c1-22-13-5-7-16(23-2)11(9-13)3-8-17(21)20-15-6-4-12(18)10-14(15)19/h4-7,9-10H,3,8H2,1-2H3,(H,20,21). The normalized spacial score (nSPS) is 10.3. The zero-order valence-corrected chi connectivity index (χ0v) is 12.9. The van der Waals surface area contributed by atoms with Gasteiger partial charge < -0.3 is 14.8 Å². The molecule has 0 aliphatic carbocycles. The van der Waals surface area contributed by atoms with E-state index in [2.05, 4.69) is 5.32 Å². The topological polar surface area (TPSA) is 47.6 Å². The summed E-state index contributed by atoms with van der Waals surface area (Å²) in [5.74, 6) is -0.573. The summed E-state index contributed by atoms with van der Waals surface area (Å²) >= 11 is 0. The summed E-state index contributed by atoms with van der Waals surface area (Å²) in [6, 6.07) is 8.30. The average molecular weight is 321 g/mol. The summed E-state index contributed by atoms with van der Waals surface area (Å²) in [6.07, 6.45) is 0.523. The number of aryl methyl sites for hydroxylation is 1. The number of carbonyl (C=O) groups excluding carboxylic acids is 1. The maximum absolute atomic E-state index is 13.5. The van der Waals surface area contributed by atoms with Crippen molar-refractivity contribution in [3.05, 3.63) is 53.6 Å². The second-order valence-electron chi connectivity index (χ2n) is 4.85. The van der Waals surface area contributed by atoms with Gasteiger partial charge in [0.2, 0.25) is 5.91 Å². The van der Waals surface area contributed by atoms with Gasteiger partial charge in [-0.05, 0) is 42.3 Å². The summed E-state index contributed by atoms with van der Waals surface area (Å²) < 4.78 is 36.7. The summed E-state index contributed by atoms with van der Waals surface area (Å²) in [7, 11) is 3.09. The smallest absolute Gasteiger partial charge is 0.224 e. The Balaban J connectivity index is 2.01. The van der Waals surface area contributed by atoms with E-state index in [1.54, 1.807) is 32.4 Å². The molecule has 122 valence electrons. The van der Waals surface area contributed by atoms with Crippen LogP contribution in [0.25, 0.3) is 0 Å². The molecule has 1 N–H and O–H groups in total. The first-order valence-electron chi connectivity index (χ1n) is 6.99. The molecule has 2 aromatic carbocycles. The Morgan fingerprint density at radius 2 is 1.87 bits per heavy atom. The van der Waals surface area contributed by atoms with Gasteiger partial charge in [-0.25, -0.2) is 8.78 Å². The Kier molecular flexibility index (Phi) is 5.51. The molecule has 0 aliphatic heterocycles. The molecule has 0 heterocycles. The van der Waals surface area contributed by atoms with Crippen molar-refractivity contribution in [2.24, 2.45) is 0 Å². The Labute approximate surface area is 133 Å². The number of ether oxygens (including phenoxy) is 2. The van der Waals surface area contributed by atoms with Gasteiger partial charge in [0.25, 0.3) is 0 Å². The van der Waals surface area contributed by atoms with Crippen molar-refractivity contribution in [2.75, 3.05) is 19.5 Å². The lowest BCUT2D eigenvalue weighted by atomic mass is 10.1. The van der Waals surface area contributed by atoms with E-state index in [4.69, 9.17) is 9.47 Å². The summed E-state index contributed by atoms with van der Waals surface area (Å²) in [6.45, 7) is 0. The number of hydrogen-bond donors (Lipinski definition) is 1. The zero-order valence-electron chi connectivity index (χ0n) is 12.9. The highest BCUT2D eigenvalue weighted by Gasteiger charge is 2.11. The Hall–Kier alpha value is -2.63. The molecule has 1 amide bonds. The van der Waals surface area contributed by atoms with Crippen molar-refractivity contribution in [1.29, 1.82) is 0 Å². The third-order valence-corrected chi connectivity index (χ3v) is 3.31. The van der Waals surface area contributed by atoms with Gasteiger partial charge in [0.15, 0.2) is 0 Å². The van der Waals surface area contributed by atoms with Crippen LogP contribution in [0.15, 0.2) is 36.4 Å². The van der Waals surface area contributed by atoms with Crippen LogP contribution >= 0.6 is 0 Å². The van der Waals surface area contributed by atoms with E-state index in [0.29, 0.717) is 17.9 Å².